The predicted molar refractivity (Wildman–Crippen MR) is 64.5 cm³/mol. The van der Waals surface area contributed by atoms with E-state index in [1.54, 1.807) is 0 Å². The molecule has 3 rings (SSSR count). The van der Waals surface area contributed by atoms with Gasteiger partial charge in [-0.2, -0.15) is 0 Å². The second kappa shape index (κ2) is 3.01. The molecular formula is C14H12O2. The highest BCUT2D eigenvalue weighted by Crippen LogP contribution is 2.40. The van der Waals surface area contributed by atoms with E-state index in [0.717, 1.165) is 21.9 Å². The van der Waals surface area contributed by atoms with Crippen molar-refractivity contribution in [3.63, 3.8) is 0 Å². The Morgan fingerprint density at radius 1 is 1.00 bits per heavy atom. The molecule has 0 aliphatic heterocycles. The maximum absolute atomic E-state index is 9.94. The molecule has 0 spiro atoms. The molecule has 1 aliphatic carbocycles. The first-order valence-corrected chi connectivity index (χ1v) is 5.34. The van der Waals surface area contributed by atoms with Crippen LogP contribution in [0.25, 0.3) is 16.5 Å². The van der Waals surface area contributed by atoms with E-state index in [2.05, 4.69) is 0 Å². The van der Waals surface area contributed by atoms with Crippen LogP contribution in [0.2, 0.25) is 0 Å². The van der Waals surface area contributed by atoms with Gasteiger partial charge in [-0.1, -0.05) is 43.3 Å². The van der Waals surface area contributed by atoms with Crippen molar-refractivity contribution < 1.29 is 10.2 Å². The SMILES string of the molecule is CC1C(O)=C(O)c2cccc3cccc1c23. The maximum Gasteiger partial charge on any atom is 0.161 e. The summed E-state index contributed by atoms with van der Waals surface area (Å²) in [5, 5.41) is 22.0. The van der Waals surface area contributed by atoms with E-state index in [-0.39, 0.29) is 17.4 Å². The van der Waals surface area contributed by atoms with Crippen LogP contribution in [-0.4, -0.2) is 10.2 Å². The molecule has 2 N–H and O–H groups in total. The molecule has 0 aromatic heterocycles. The Morgan fingerprint density at radius 2 is 1.69 bits per heavy atom. The lowest BCUT2D eigenvalue weighted by Gasteiger charge is -2.22. The Kier molecular flexibility index (Phi) is 1.75. The Morgan fingerprint density at radius 3 is 2.44 bits per heavy atom. The van der Waals surface area contributed by atoms with Crippen LogP contribution in [0.15, 0.2) is 42.2 Å². The van der Waals surface area contributed by atoms with Gasteiger partial charge < -0.3 is 10.2 Å². The number of hydrogen-bond acceptors (Lipinski definition) is 2. The minimum atomic E-state index is -0.140. The molecule has 2 heteroatoms. The van der Waals surface area contributed by atoms with Crippen molar-refractivity contribution in [1.82, 2.24) is 0 Å². The zero-order chi connectivity index (χ0) is 11.3. The number of rotatable bonds is 0. The molecule has 16 heavy (non-hydrogen) atoms. The van der Waals surface area contributed by atoms with E-state index in [1.165, 1.54) is 0 Å². The summed E-state index contributed by atoms with van der Waals surface area (Å²) in [6.45, 7) is 1.90. The van der Waals surface area contributed by atoms with Crippen LogP contribution in [0.4, 0.5) is 0 Å². The van der Waals surface area contributed by atoms with Crippen LogP contribution < -0.4 is 0 Å². The first-order chi connectivity index (χ1) is 7.70. The van der Waals surface area contributed by atoms with Crippen LogP contribution in [0, 0.1) is 0 Å². The highest BCUT2D eigenvalue weighted by atomic mass is 16.3. The number of hydrogen-bond donors (Lipinski definition) is 2. The molecule has 0 amide bonds. The fraction of sp³-hybridized carbons (Fsp3) is 0.143. The second-order valence-corrected chi connectivity index (χ2v) is 4.21. The fourth-order valence-electron chi connectivity index (χ4n) is 2.42. The maximum atomic E-state index is 9.94. The van der Waals surface area contributed by atoms with Gasteiger partial charge in [-0.3, -0.25) is 0 Å². The zero-order valence-corrected chi connectivity index (χ0v) is 8.94. The minimum absolute atomic E-state index is 0.0109. The zero-order valence-electron chi connectivity index (χ0n) is 8.94. The van der Waals surface area contributed by atoms with Gasteiger partial charge in [0, 0.05) is 11.5 Å². The third kappa shape index (κ3) is 1.01. The van der Waals surface area contributed by atoms with E-state index < -0.39 is 0 Å². The van der Waals surface area contributed by atoms with Crippen LogP contribution in [0.1, 0.15) is 24.0 Å². The summed E-state index contributed by atoms with van der Waals surface area (Å²) in [6.07, 6.45) is 0. The Balaban J connectivity index is 2.52. The van der Waals surface area contributed by atoms with Gasteiger partial charge in [-0.05, 0) is 16.3 Å². The van der Waals surface area contributed by atoms with Crippen molar-refractivity contribution in [3.05, 3.63) is 53.3 Å². The lowest BCUT2D eigenvalue weighted by Crippen LogP contribution is -2.08. The summed E-state index contributed by atoms with van der Waals surface area (Å²) in [6, 6.07) is 11.7. The van der Waals surface area contributed by atoms with Crippen molar-refractivity contribution >= 4 is 16.5 Å². The number of aliphatic hydroxyl groups is 2. The lowest BCUT2D eigenvalue weighted by molar-refractivity contribution is 0.348. The third-order valence-electron chi connectivity index (χ3n) is 3.31. The molecule has 0 radical (unpaired) electrons. The van der Waals surface area contributed by atoms with Crippen LogP contribution in [0.5, 0.6) is 0 Å². The number of allylic oxidation sites excluding steroid dienone is 1. The summed E-state index contributed by atoms with van der Waals surface area (Å²) in [5.41, 5.74) is 1.80. The highest BCUT2D eigenvalue weighted by molar-refractivity contribution is 5.97. The van der Waals surface area contributed by atoms with E-state index >= 15 is 0 Å². The van der Waals surface area contributed by atoms with Gasteiger partial charge in [0.05, 0.1) is 0 Å². The first-order valence-electron chi connectivity index (χ1n) is 5.34. The van der Waals surface area contributed by atoms with Gasteiger partial charge in [0.15, 0.2) is 5.76 Å². The molecular weight excluding hydrogens is 200 g/mol. The first kappa shape index (κ1) is 9.28. The van der Waals surface area contributed by atoms with Gasteiger partial charge >= 0.3 is 0 Å². The van der Waals surface area contributed by atoms with Crippen molar-refractivity contribution in [3.8, 4) is 0 Å². The van der Waals surface area contributed by atoms with Gasteiger partial charge in [0.2, 0.25) is 0 Å². The highest BCUT2D eigenvalue weighted by Gasteiger charge is 2.25. The minimum Gasteiger partial charge on any atom is -0.508 e. The summed E-state index contributed by atoms with van der Waals surface area (Å²) < 4.78 is 0. The second-order valence-electron chi connectivity index (χ2n) is 4.21. The monoisotopic (exact) mass is 212 g/mol. The summed E-state index contributed by atoms with van der Waals surface area (Å²) in [5.74, 6) is -0.0680. The Labute approximate surface area is 93.5 Å². The molecule has 0 heterocycles. The van der Waals surface area contributed by atoms with E-state index in [4.69, 9.17) is 0 Å². The molecule has 1 atom stereocenters. The quantitative estimate of drug-likeness (QED) is 0.698. The van der Waals surface area contributed by atoms with Crippen molar-refractivity contribution in [1.29, 1.82) is 0 Å². The fourth-order valence-corrected chi connectivity index (χ4v) is 2.42. The molecule has 80 valence electrons. The summed E-state index contributed by atoms with van der Waals surface area (Å²) in [7, 11) is 0. The lowest BCUT2D eigenvalue weighted by atomic mass is 9.85. The molecule has 2 aromatic carbocycles. The Hall–Kier alpha value is -1.96. The molecule has 1 unspecified atom stereocenters. The van der Waals surface area contributed by atoms with Crippen LogP contribution in [0.3, 0.4) is 0 Å². The van der Waals surface area contributed by atoms with Gasteiger partial charge in [0.25, 0.3) is 0 Å². The number of benzene rings is 2. The van der Waals surface area contributed by atoms with Gasteiger partial charge in [-0.25, -0.2) is 0 Å². The molecule has 2 nitrogen and oxygen atoms in total. The van der Waals surface area contributed by atoms with E-state index in [0.29, 0.717) is 0 Å². The normalized spacial score (nSPS) is 19.2. The van der Waals surface area contributed by atoms with Crippen LogP contribution >= 0.6 is 0 Å². The predicted octanol–water partition coefficient (Wildman–Crippen LogP) is 3.74. The molecule has 0 bridgehead atoms. The van der Waals surface area contributed by atoms with E-state index in [9.17, 15) is 10.2 Å². The summed E-state index contributed by atoms with van der Waals surface area (Å²) in [4.78, 5) is 0. The largest absolute Gasteiger partial charge is 0.508 e. The molecule has 0 saturated heterocycles. The van der Waals surface area contributed by atoms with Gasteiger partial charge in [0.1, 0.15) is 5.76 Å². The molecule has 2 aromatic rings. The molecule has 0 saturated carbocycles. The van der Waals surface area contributed by atoms with Crippen molar-refractivity contribution in [2.45, 2.75) is 12.8 Å². The standard InChI is InChI=1S/C14H12O2/c1-8-10-6-2-4-9-5-3-7-11(12(9)10)14(16)13(8)15/h2-8,15-16H,1H3. The van der Waals surface area contributed by atoms with Crippen molar-refractivity contribution in [2.75, 3.05) is 0 Å². The van der Waals surface area contributed by atoms with Gasteiger partial charge in [-0.15, -0.1) is 0 Å². The molecule has 1 aliphatic rings. The average Bonchev–Trinajstić information content (AvgIpc) is 2.33. The number of aliphatic hydroxyl groups excluding tert-OH is 2. The topological polar surface area (TPSA) is 40.5 Å². The van der Waals surface area contributed by atoms with E-state index in [1.807, 2.05) is 43.3 Å². The molecule has 0 fully saturated rings. The summed E-state index contributed by atoms with van der Waals surface area (Å²) >= 11 is 0. The average molecular weight is 212 g/mol. The Bertz CT molecular complexity index is 606. The smallest absolute Gasteiger partial charge is 0.161 e. The third-order valence-corrected chi connectivity index (χ3v) is 3.31. The van der Waals surface area contributed by atoms with Crippen molar-refractivity contribution in [2.24, 2.45) is 0 Å². The van der Waals surface area contributed by atoms with Crippen LogP contribution in [-0.2, 0) is 0 Å².